The van der Waals surface area contributed by atoms with Crippen LogP contribution in [-0.2, 0) is 12.8 Å². The van der Waals surface area contributed by atoms with Crippen LogP contribution in [0.25, 0.3) is 0 Å². The van der Waals surface area contributed by atoms with Gasteiger partial charge in [-0.25, -0.2) is 9.97 Å². The molecule has 2 nitrogen and oxygen atoms in total. The van der Waals surface area contributed by atoms with Gasteiger partial charge in [-0.05, 0) is 31.7 Å². The summed E-state index contributed by atoms with van der Waals surface area (Å²) in [4.78, 5) is 9.30. The highest BCUT2D eigenvalue weighted by Crippen LogP contribution is 2.17. The summed E-state index contributed by atoms with van der Waals surface area (Å²) in [6.45, 7) is 8.68. The third kappa shape index (κ3) is 30.2. The molecule has 0 aliphatic carbocycles. The zero-order valence-electron chi connectivity index (χ0n) is 31.1. The van der Waals surface area contributed by atoms with E-state index in [1.54, 1.807) is 0 Å². The number of hydrogen-bond acceptors (Lipinski definition) is 2. The smallest absolute Gasteiger partial charge is 0.129 e. The third-order valence-electron chi connectivity index (χ3n) is 9.95. The maximum atomic E-state index is 4.65. The molecule has 0 aromatic carbocycles. The Balaban J connectivity index is 1.89. The van der Waals surface area contributed by atoms with E-state index < -0.39 is 0 Å². The van der Waals surface area contributed by atoms with Gasteiger partial charge in [-0.15, -0.1) is 0 Å². The van der Waals surface area contributed by atoms with Gasteiger partial charge in [0.2, 0.25) is 0 Å². The van der Waals surface area contributed by atoms with Gasteiger partial charge in [-0.2, -0.15) is 0 Å². The summed E-state index contributed by atoms with van der Waals surface area (Å²) in [6, 6.07) is 2.27. The predicted molar refractivity (Wildman–Crippen MR) is 202 cm³/mol. The van der Waals surface area contributed by atoms with Crippen LogP contribution in [0.15, 0.2) is 6.07 Å². The summed E-state index contributed by atoms with van der Waals surface area (Å²) in [5.41, 5.74) is 2.44. The summed E-state index contributed by atoms with van der Waals surface area (Å²) in [5, 5.41) is 0. The normalized spacial score (nSPS) is 11.5. The molecule has 1 heterocycles. The van der Waals surface area contributed by atoms with Crippen molar-refractivity contribution in [3.8, 4) is 0 Å². The van der Waals surface area contributed by atoms with Gasteiger partial charge in [0.05, 0.1) is 0 Å². The average Bonchev–Trinajstić information content (AvgIpc) is 3.03. The van der Waals surface area contributed by atoms with Crippen LogP contribution in [-0.4, -0.2) is 9.97 Å². The number of nitrogens with zero attached hydrogens (tertiary/aromatic N) is 2. The molecular formula is C43H81N2. The van der Waals surface area contributed by atoms with Crippen LogP contribution in [0.3, 0.4) is 0 Å². The number of rotatable bonds is 36. The highest BCUT2D eigenvalue weighted by molar-refractivity contribution is 5.13. The van der Waals surface area contributed by atoms with Crippen LogP contribution < -0.4 is 0 Å². The van der Waals surface area contributed by atoms with Crippen LogP contribution in [0.2, 0.25) is 0 Å². The Morgan fingerprint density at radius 2 is 0.533 bits per heavy atom. The van der Waals surface area contributed by atoms with E-state index >= 15 is 0 Å². The Hall–Kier alpha value is -0.920. The van der Waals surface area contributed by atoms with E-state index in [1.807, 2.05) is 0 Å². The first-order valence-electron chi connectivity index (χ1n) is 20.9. The minimum absolute atomic E-state index is 0.724. The van der Waals surface area contributed by atoms with Crippen molar-refractivity contribution in [2.75, 3.05) is 0 Å². The summed E-state index contributed by atoms with van der Waals surface area (Å²) in [5.74, 6) is 0.724. The van der Waals surface area contributed by atoms with Crippen LogP contribution in [0.4, 0.5) is 0 Å². The Morgan fingerprint density at radius 3 is 0.756 bits per heavy atom. The zero-order valence-corrected chi connectivity index (χ0v) is 31.1. The van der Waals surface area contributed by atoms with E-state index in [2.05, 4.69) is 36.8 Å². The molecule has 263 valence electrons. The second-order valence-electron chi connectivity index (χ2n) is 14.6. The van der Waals surface area contributed by atoms with Gasteiger partial charge in [0.15, 0.2) is 0 Å². The van der Waals surface area contributed by atoms with Gasteiger partial charge < -0.3 is 0 Å². The topological polar surface area (TPSA) is 25.8 Å². The van der Waals surface area contributed by atoms with Crippen LogP contribution in [0.1, 0.15) is 249 Å². The minimum atomic E-state index is 0.724. The number of unbranched alkanes of at least 4 members (excludes halogenated alkanes) is 32. The Bertz CT molecular complexity index is 658. The minimum Gasteiger partial charge on any atom is -0.238 e. The lowest BCUT2D eigenvalue weighted by molar-refractivity contribution is 0.526. The quantitative estimate of drug-likeness (QED) is 0.0693. The van der Waals surface area contributed by atoms with E-state index in [0.717, 1.165) is 18.7 Å². The molecule has 1 radical (unpaired) electrons. The van der Waals surface area contributed by atoms with Crippen molar-refractivity contribution >= 4 is 0 Å². The van der Waals surface area contributed by atoms with E-state index in [4.69, 9.17) is 0 Å². The fourth-order valence-corrected chi connectivity index (χ4v) is 6.93. The van der Waals surface area contributed by atoms with E-state index in [9.17, 15) is 0 Å². The van der Waals surface area contributed by atoms with Crippen LogP contribution in [0.5, 0.6) is 0 Å². The van der Waals surface area contributed by atoms with E-state index in [0.29, 0.717) is 0 Å². The molecule has 1 aromatic heterocycles. The first-order valence-corrected chi connectivity index (χ1v) is 20.9. The van der Waals surface area contributed by atoms with Crippen LogP contribution in [0, 0.1) is 6.92 Å². The standard InChI is InChI=1S/C43H81N2/c1-4-6-8-10-12-14-16-18-20-22-24-26-28-30-32-34-36-38-42-40-43(45-41(3)44-42)39-37-35-33-31-29-27-25-23-21-19-17-15-13-11-9-7-5-2/h40H,3-39H2,1-2H3. The van der Waals surface area contributed by atoms with E-state index in [-0.39, 0.29) is 0 Å². The molecule has 0 amide bonds. The summed E-state index contributed by atoms with van der Waals surface area (Å²) in [7, 11) is 0. The van der Waals surface area contributed by atoms with Crippen molar-refractivity contribution in [2.24, 2.45) is 0 Å². The fourth-order valence-electron chi connectivity index (χ4n) is 6.93. The fraction of sp³-hybridized carbons (Fsp3) is 0.884. The van der Waals surface area contributed by atoms with Crippen molar-refractivity contribution in [2.45, 2.75) is 245 Å². The molecular weight excluding hydrogens is 544 g/mol. The van der Waals surface area contributed by atoms with Gasteiger partial charge in [-0.3, -0.25) is 0 Å². The van der Waals surface area contributed by atoms with Crippen molar-refractivity contribution in [3.05, 3.63) is 30.2 Å². The summed E-state index contributed by atoms with van der Waals surface area (Å²) >= 11 is 0. The number of hydrogen-bond donors (Lipinski definition) is 0. The monoisotopic (exact) mass is 626 g/mol. The predicted octanol–water partition coefficient (Wildman–Crippen LogP) is 15.0. The Kier molecular flexibility index (Phi) is 32.2. The molecule has 0 aliphatic rings. The van der Waals surface area contributed by atoms with Gasteiger partial charge in [-0.1, -0.05) is 219 Å². The molecule has 0 atom stereocenters. The third-order valence-corrected chi connectivity index (χ3v) is 9.95. The maximum Gasteiger partial charge on any atom is 0.129 e. The molecule has 0 aliphatic heterocycles. The lowest BCUT2D eigenvalue weighted by Gasteiger charge is -2.07. The number of aromatic nitrogens is 2. The lowest BCUT2D eigenvalue weighted by atomic mass is 10.0. The summed E-state index contributed by atoms with van der Waals surface area (Å²) in [6.07, 6.45) is 50.6. The molecule has 0 saturated heterocycles. The first kappa shape index (κ1) is 42.1. The highest BCUT2D eigenvalue weighted by Gasteiger charge is 2.04. The van der Waals surface area contributed by atoms with Gasteiger partial charge in [0.1, 0.15) is 5.82 Å². The molecule has 1 rings (SSSR count). The molecule has 0 unspecified atom stereocenters. The molecule has 45 heavy (non-hydrogen) atoms. The van der Waals surface area contributed by atoms with Gasteiger partial charge in [0.25, 0.3) is 0 Å². The molecule has 0 fully saturated rings. The Labute approximate surface area is 284 Å². The molecule has 0 spiro atoms. The van der Waals surface area contributed by atoms with Gasteiger partial charge >= 0.3 is 0 Å². The largest absolute Gasteiger partial charge is 0.238 e. The van der Waals surface area contributed by atoms with Crippen molar-refractivity contribution in [1.82, 2.24) is 9.97 Å². The van der Waals surface area contributed by atoms with Crippen LogP contribution >= 0.6 is 0 Å². The second-order valence-corrected chi connectivity index (χ2v) is 14.6. The zero-order chi connectivity index (χ0) is 32.3. The molecule has 1 aromatic rings. The number of aryl methyl sites for hydroxylation is 2. The van der Waals surface area contributed by atoms with Crippen molar-refractivity contribution in [1.29, 1.82) is 0 Å². The molecule has 0 bridgehead atoms. The molecule has 0 saturated carbocycles. The molecule has 0 N–H and O–H groups in total. The van der Waals surface area contributed by atoms with Crippen molar-refractivity contribution < 1.29 is 0 Å². The molecule has 2 heteroatoms. The maximum absolute atomic E-state index is 4.65. The first-order chi connectivity index (χ1) is 22.3. The van der Waals surface area contributed by atoms with Crippen molar-refractivity contribution in [3.63, 3.8) is 0 Å². The average molecular weight is 626 g/mol. The lowest BCUT2D eigenvalue weighted by Crippen LogP contribution is -2.01. The van der Waals surface area contributed by atoms with Gasteiger partial charge in [0, 0.05) is 18.3 Å². The van der Waals surface area contributed by atoms with E-state index in [1.165, 1.54) is 230 Å². The SMILES string of the molecule is [CH2]c1nc(CCCCCCCCCCCCCCCCCCC)cc(CCCCCCCCCCCCCCCCCCC)n1. The Morgan fingerprint density at radius 1 is 0.333 bits per heavy atom. The highest BCUT2D eigenvalue weighted by atomic mass is 14.9. The summed E-state index contributed by atoms with van der Waals surface area (Å²) < 4.78 is 0. The second kappa shape index (κ2) is 34.4.